The van der Waals surface area contributed by atoms with Crippen molar-refractivity contribution in [1.82, 2.24) is 9.47 Å². The number of benzene rings is 1. The number of likely N-dealkylation sites (tertiary alicyclic amines) is 1. The Hall–Kier alpha value is -2.27. The van der Waals surface area contributed by atoms with Gasteiger partial charge in [0.2, 0.25) is 0 Å². The lowest BCUT2D eigenvalue weighted by Crippen LogP contribution is -2.32. The molecule has 1 fully saturated rings. The first kappa shape index (κ1) is 17.5. The van der Waals surface area contributed by atoms with Gasteiger partial charge in [-0.05, 0) is 50.6 Å². The van der Waals surface area contributed by atoms with Gasteiger partial charge in [0.15, 0.2) is 0 Å². The summed E-state index contributed by atoms with van der Waals surface area (Å²) in [5.41, 5.74) is 3.02. The Morgan fingerprint density at radius 3 is 2.56 bits per heavy atom. The third-order valence-corrected chi connectivity index (χ3v) is 5.03. The Bertz CT molecular complexity index is 745. The molecule has 1 aliphatic heterocycles. The van der Waals surface area contributed by atoms with Crippen molar-refractivity contribution in [3.8, 4) is 17.0 Å². The van der Waals surface area contributed by atoms with Crippen molar-refractivity contribution in [2.75, 3.05) is 26.7 Å². The fraction of sp³-hybridized carbons (Fsp3) is 0.450. The van der Waals surface area contributed by atoms with Gasteiger partial charge in [-0.25, -0.2) is 4.79 Å². The first-order valence-corrected chi connectivity index (χ1v) is 8.90. The summed E-state index contributed by atoms with van der Waals surface area (Å²) in [6, 6.07) is 7.79. The van der Waals surface area contributed by atoms with Crippen molar-refractivity contribution in [2.24, 2.45) is 0 Å². The molecule has 1 aliphatic rings. The summed E-state index contributed by atoms with van der Waals surface area (Å²) < 4.78 is 7.58. The van der Waals surface area contributed by atoms with Crippen LogP contribution in [-0.2, 0) is 6.54 Å². The molecule has 0 aliphatic carbocycles. The summed E-state index contributed by atoms with van der Waals surface area (Å²) in [6.07, 6.45) is 5.59. The van der Waals surface area contributed by atoms with Crippen molar-refractivity contribution >= 4 is 5.97 Å². The number of carboxylic acid groups (broad SMARTS) is 1. The second-order valence-electron chi connectivity index (χ2n) is 6.62. The number of aromatic nitrogens is 1. The van der Waals surface area contributed by atoms with Crippen LogP contribution in [0.2, 0.25) is 0 Å². The van der Waals surface area contributed by atoms with E-state index in [4.69, 9.17) is 4.74 Å². The Labute approximate surface area is 148 Å². The molecule has 0 unspecified atom stereocenters. The van der Waals surface area contributed by atoms with E-state index in [1.807, 2.05) is 31.2 Å². The lowest BCUT2D eigenvalue weighted by atomic mass is 10.0. The van der Waals surface area contributed by atoms with Crippen LogP contribution in [0.3, 0.4) is 0 Å². The fourth-order valence-corrected chi connectivity index (χ4v) is 3.68. The summed E-state index contributed by atoms with van der Waals surface area (Å²) in [5.74, 6) is -0.120. The van der Waals surface area contributed by atoms with Crippen LogP contribution < -0.4 is 4.74 Å². The van der Waals surface area contributed by atoms with Gasteiger partial charge in [-0.3, -0.25) is 0 Å². The normalized spacial score (nSPS) is 15.3. The van der Waals surface area contributed by atoms with Gasteiger partial charge in [-0.15, -0.1) is 0 Å². The molecule has 0 bridgehead atoms. The van der Waals surface area contributed by atoms with Crippen LogP contribution in [0.4, 0.5) is 0 Å². The van der Waals surface area contributed by atoms with Crippen molar-refractivity contribution in [3.05, 3.63) is 41.6 Å². The molecular formula is C20H26N2O3. The molecule has 0 spiro atoms. The Kier molecular flexibility index (Phi) is 5.43. The summed E-state index contributed by atoms with van der Waals surface area (Å²) in [6.45, 7) is 5.87. The van der Waals surface area contributed by atoms with Gasteiger partial charge in [0.25, 0.3) is 0 Å². The molecule has 5 heteroatoms. The standard InChI is InChI=1S/C20H26N2O3/c1-15-17(20(23)24)14-22(13-12-21-10-6-3-7-11-21)19(15)16-8-4-5-9-18(16)25-2/h4-5,8-9,14H,3,6-7,10-13H2,1-2H3,(H,23,24). The SMILES string of the molecule is COc1ccccc1-c1c(C)c(C(=O)O)cn1CCN1CCCCC1. The second-order valence-corrected chi connectivity index (χ2v) is 6.62. The maximum Gasteiger partial charge on any atom is 0.337 e. The molecule has 134 valence electrons. The highest BCUT2D eigenvalue weighted by molar-refractivity contribution is 5.92. The Morgan fingerprint density at radius 2 is 1.88 bits per heavy atom. The predicted octanol–water partition coefficient (Wildman–Crippen LogP) is 3.66. The molecular weight excluding hydrogens is 316 g/mol. The number of carbonyl (C=O) groups is 1. The maximum atomic E-state index is 11.6. The van der Waals surface area contributed by atoms with Crippen molar-refractivity contribution in [3.63, 3.8) is 0 Å². The molecule has 1 aromatic carbocycles. The van der Waals surface area contributed by atoms with Crippen molar-refractivity contribution in [1.29, 1.82) is 0 Å². The fourth-order valence-electron chi connectivity index (χ4n) is 3.68. The molecule has 1 saturated heterocycles. The van der Waals surface area contributed by atoms with Crippen LogP contribution in [0, 0.1) is 6.92 Å². The van der Waals surface area contributed by atoms with E-state index >= 15 is 0 Å². The second kappa shape index (κ2) is 7.74. The molecule has 0 radical (unpaired) electrons. The minimum Gasteiger partial charge on any atom is -0.496 e. The highest BCUT2D eigenvalue weighted by atomic mass is 16.5. The van der Waals surface area contributed by atoms with Crippen LogP contribution in [0.1, 0.15) is 35.2 Å². The number of hydrogen-bond acceptors (Lipinski definition) is 3. The van der Waals surface area contributed by atoms with Gasteiger partial charge in [0, 0.05) is 24.8 Å². The largest absolute Gasteiger partial charge is 0.496 e. The molecule has 1 N–H and O–H groups in total. The van der Waals surface area contributed by atoms with Crippen LogP contribution in [0.15, 0.2) is 30.5 Å². The summed E-state index contributed by atoms with van der Waals surface area (Å²) in [4.78, 5) is 14.1. The van der Waals surface area contributed by atoms with E-state index in [0.29, 0.717) is 5.56 Å². The summed E-state index contributed by atoms with van der Waals surface area (Å²) >= 11 is 0. The molecule has 0 saturated carbocycles. The number of aromatic carboxylic acids is 1. The van der Waals surface area contributed by atoms with E-state index in [0.717, 1.165) is 48.7 Å². The smallest absolute Gasteiger partial charge is 0.337 e. The van der Waals surface area contributed by atoms with Crippen molar-refractivity contribution < 1.29 is 14.6 Å². The predicted molar refractivity (Wildman–Crippen MR) is 98.4 cm³/mol. The molecule has 2 heterocycles. The van der Waals surface area contributed by atoms with Crippen LogP contribution in [-0.4, -0.2) is 47.3 Å². The topological polar surface area (TPSA) is 54.7 Å². The number of ether oxygens (including phenoxy) is 1. The van der Waals surface area contributed by atoms with Crippen molar-refractivity contribution in [2.45, 2.75) is 32.7 Å². The third-order valence-electron chi connectivity index (χ3n) is 5.03. The molecule has 2 aromatic rings. The molecule has 1 aromatic heterocycles. The highest BCUT2D eigenvalue weighted by Crippen LogP contribution is 2.34. The van der Waals surface area contributed by atoms with E-state index in [1.165, 1.54) is 19.3 Å². The van der Waals surface area contributed by atoms with Gasteiger partial charge >= 0.3 is 5.97 Å². The van der Waals surface area contributed by atoms with Gasteiger partial charge in [0.1, 0.15) is 5.75 Å². The Morgan fingerprint density at radius 1 is 1.16 bits per heavy atom. The molecule has 25 heavy (non-hydrogen) atoms. The van der Waals surface area contributed by atoms with Gasteiger partial charge < -0.3 is 19.3 Å². The molecule has 5 nitrogen and oxygen atoms in total. The number of carboxylic acids is 1. The van der Waals surface area contributed by atoms with Gasteiger partial charge in [-0.1, -0.05) is 18.6 Å². The molecule has 3 rings (SSSR count). The van der Waals surface area contributed by atoms with E-state index in [9.17, 15) is 9.90 Å². The zero-order valence-corrected chi connectivity index (χ0v) is 15.0. The van der Waals surface area contributed by atoms with Crippen LogP contribution >= 0.6 is 0 Å². The summed E-state index contributed by atoms with van der Waals surface area (Å²) in [7, 11) is 1.65. The lowest BCUT2D eigenvalue weighted by molar-refractivity contribution is 0.0696. The maximum absolute atomic E-state index is 11.6. The number of hydrogen-bond donors (Lipinski definition) is 1. The van der Waals surface area contributed by atoms with Gasteiger partial charge in [-0.2, -0.15) is 0 Å². The number of para-hydroxylation sites is 1. The third kappa shape index (κ3) is 3.71. The van der Waals surface area contributed by atoms with E-state index in [2.05, 4.69) is 9.47 Å². The number of methoxy groups -OCH3 is 1. The Balaban J connectivity index is 1.96. The minimum absolute atomic E-state index is 0.361. The quantitative estimate of drug-likeness (QED) is 0.870. The van der Waals surface area contributed by atoms with E-state index in [-0.39, 0.29) is 0 Å². The van der Waals surface area contributed by atoms with E-state index in [1.54, 1.807) is 13.3 Å². The zero-order chi connectivity index (χ0) is 17.8. The lowest BCUT2D eigenvalue weighted by Gasteiger charge is -2.27. The van der Waals surface area contributed by atoms with Crippen LogP contribution in [0.25, 0.3) is 11.3 Å². The van der Waals surface area contributed by atoms with E-state index < -0.39 is 5.97 Å². The van der Waals surface area contributed by atoms with Crippen LogP contribution in [0.5, 0.6) is 5.75 Å². The minimum atomic E-state index is -0.884. The highest BCUT2D eigenvalue weighted by Gasteiger charge is 2.21. The zero-order valence-electron chi connectivity index (χ0n) is 15.0. The molecule has 0 atom stereocenters. The first-order chi connectivity index (χ1) is 12.1. The number of rotatable bonds is 6. The molecule has 0 amide bonds. The summed E-state index contributed by atoms with van der Waals surface area (Å²) in [5, 5.41) is 9.54. The number of piperidine rings is 1. The first-order valence-electron chi connectivity index (χ1n) is 8.90. The average Bonchev–Trinajstić information content (AvgIpc) is 2.97. The average molecular weight is 342 g/mol. The van der Waals surface area contributed by atoms with Gasteiger partial charge in [0.05, 0.1) is 18.4 Å². The number of nitrogens with zero attached hydrogens (tertiary/aromatic N) is 2. The monoisotopic (exact) mass is 342 g/mol.